The van der Waals surface area contributed by atoms with E-state index in [4.69, 9.17) is 5.73 Å². The number of nitrogens with one attached hydrogen (secondary N) is 2. The molecule has 0 saturated heterocycles. The van der Waals surface area contributed by atoms with Gasteiger partial charge < -0.3 is 16.0 Å². The minimum Gasteiger partial charge on any atom is -0.399 e. The van der Waals surface area contributed by atoms with E-state index in [2.05, 4.69) is 10.3 Å². The molecule has 0 spiro atoms. The van der Waals surface area contributed by atoms with Crippen LogP contribution in [0.2, 0.25) is 0 Å². The zero-order valence-corrected chi connectivity index (χ0v) is 10.2. The van der Waals surface area contributed by atoms with E-state index >= 15 is 0 Å². The number of fused-ring (bicyclic) bond motifs is 1. The molecule has 1 saturated carbocycles. The number of hydrogen-bond acceptors (Lipinski definition) is 2. The second-order valence-electron chi connectivity index (χ2n) is 5.01. The third-order valence-corrected chi connectivity index (χ3v) is 3.73. The number of H-pyrrole nitrogens is 1. The third kappa shape index (κ3) is 1.94. The van der Waals surface area contributed by atoms with Gasteiger partial charge in [0.1, 0.15) is 0 Å². The molecule has 3 rings (SSSR count). The average Bonchev–Trinajstić information content (AvgIpc) is 2.69. The Kier molecular flexibility index (Phi) is 2.70. The van der Waals surface area contributed by atoms with Crippen LogP contribution in [-0.2, 0) is 0 Å². The van der Waals surface area contributed by atoms with Crippen molar-refractivity contribution in [3.8, 4) is 0 Å². The molecule has 1 aliphatic rings. The summed E-state index contributed by atoms with van der Waals surface area (Å²) < 4.78 is 0. The van der Waals surface area contributed by atoms with Crippen molar-refractivity contribution in [3.63, 3.8) is 0 Å². The van der Waals surface area contributed by atoms with Crippen LogP contribution in [0.1, 0.15) is 29.6 Å². The zero-order valence-electron chi connectivity index (χ0n) is 10.2. The number of nitrogen functional groups attached to an aromatic ring is 1. The maximum Gasteiger partial charge on any atom is 0.253 e. The van der Waals surface area contributed by atoms with E-state index in [0.717, 1.165) is 17.4 Å². The van der Waals surface area contributed by atoms with Crippen LogP contribution >= 0.6 is 0 Å². The highest BCUT2D eigenvalue weighted by molar-refractivity contribution is 6.07. The molecule has 0 atom stereocenters. The van der Waals surface area contributed by atoms with Crippen molar-refractivity contribution in [2.75, 3.05) is 12.3 Å². The molecule has 1 amide bonds. The Bertz CT molecular complexity index is 584. The Morgan fingerprint density at radius 3 is 3.00 bits per heavy atom. The number of carbonyl (C=O) groups excluding carboxylic acids is 1. The molecule has 1 aromatic heterocycles. The summed E-state index contributed by atoms with van der Waals surface area (Å²) in [4.78, 5) is 15.2. The van der Waals surface area contributed by atoms with Gasteiger partial charge in [0, 0.05) is 29.3 Å². The molecular formula is C14H17N3O. The summed E-state index contributed by atoms with van der Waals surface area (Å²) in [5.41, 5.74) is 8.06. The quantitative estimate of drug-likeness (QED) is 0.724. The highest BCUT2D eigenvalue weighted by atomic mass is 16.1. The Morgan fingerprint density at radius 1 is 1.44 bits per heavy atom. The lowest BCUT2D eigenvalue weighted by molar-refractivity contribution is 0.0941. The molecule has 2 aromatic rings. The predicted molar refractivity (Wildman–Crippen MR) is 72.4 cm³/mol. The summed E-state index contributed by atoms with van der Waals surface area (Å²) >= 11 is 0. The van der Waals surface area contributed by atoms with Crippen LogP contribution in [0.15, 0.2) is 24.4 Å². The van der Waals surface area contributed by atoms with Crippen LogP contribution in [0.4, 0.5) is 5.69 Å². The van der Waals surface area contributed by atoms with Crippen LogP contribution in [0.25, 0.3) is 10.9 Å². The Morgan fingerprint density at radius 2 is 2.28 bits per heavy atom. The van der Waals surface area contributed by atoms with Crippen molar-refractivity contribution in [1.82, 2.24) is 10.3 Å². The van der Waals surface area contributed by atoms with E-state index in [9.17, 15) is 4.79 Å². The maximum atomic E-state index is 12.1. The summed E-state index contributed by atoms with van der Waals surface area (Å²) in [5.74, 6) is 0.656. The Labute approximate surface area is 106 Å². The van der Waals surface area contributed by atoms with E-state index in [-0.39, 0.29) is 5.91 Å². The first-order valence-corrected chi connectivity index (χ1v) is 6.39. The van der Waals surface area contributed by atoms with Crippen molar-refractivity contribution in [3.05, 3.63) is 30.0 Å². The maximum absolute atomic E-state index is 12.1. The molecule has 4 nitrogen and oxygen atoms in total. The first-order valence-electron chi connectivity index (χ1n) is 6.39. The lowest BCUT2D eigenvalue weighted by Gasteiger charge is -2.25. The normalized spacial score (nSPS) is 15.6. The molecular weight excluding hydrogens is 226 g/mol. The van der Waals surface area contributed by atoms with Gasteiger partial charge >= 0.3 is 0 Å². The highest BCUT2D eigenvalue weighted by Crippen LogP contribution is 2.25. The number of aromatic amines is 1. The topological polar surface area (TPSA) is 70.9 Å². The first kappa shape index (κ1) is 11.1. The van der Waals surface area contributed by atoms with E-state index in [0.29, 0.717) is 17.2 Å². The molecule has 0 radical (unpaired) electrons. The molecule has 1 aromatic carbocycles. The fourth-order valence-electron chi connectivity index (χ4n) is 2.36. The third-order valence-electron chi connectivity index (χ3n) is 3.73. The summed E-state index contributed by atoms with van der Waals surface area (Å²) in [6, 6.07) is 5.56. The van der Waals surface area contributed by atoms with Crippen LogP contribution in [0.3, 0.4) is 0 Å². The predicted octanol–water partition coefficient (Wildman–Crippen LogP) is 2.28. The fraction of sp³-hybridized carbons (Fsp3) is 0.357. The van der Waals surface area contributed by atoms with Crippen LogP contribution < -0.4 is 11.1 Å². The average molecular weight is 243 g/mol. The molecule has 0 bridgehead atoms. The van der Waals surface area contributed by atoms with Gasteiger partial charge in [0.25, 0.3) is 5.91 Å². The monoisotopic (exact) mass is 243 g/mol. The van der Waals surface area contributed by atoms with Crippen molar-refractivity contribution in [1.29, 1.82) is 0 Å². The minimum atomic E-state index is -0.0150. The Hall–Kier alpha value is -1.97. The Balaban J connectivity index is 1.79. The van der Waals surface area contributed by atoms with E-state index in [1.165, 1.54) is 19.3 Å². The first-order chi connectivity index (χ1) is 8.74. The van der Waals surface area contributed by atoms with Gasteiger partial charge in [0.05, 0.1) is 5.56 Å². The number of rotatable bonds is 3. The highest BCUT2D eigenvalue weighted by Gasteiger charge is 2.19. The molecule has 1 heterocycles. The fourth-order valence-corrected chi connectivity index (χ4v) is 2.36. The molecule has 4 N–H and O–H groups in total. The molecule has 1 aliphatic carbocycles. The molecule has 0 aliphatic heterocycles. The summed E-state index contributed by atoms with van der Waals surface area (Å²) in [6.45, 7) is 0.786. The van der Waals surface area contributed by atoms with Crippen molar-refractivity contribution in [2.24, 2.45) is 5.92 Å². The number of benzene rings is 1. The lowest BCUT2D eigenvalue weighted by atomic mass is 9.85. The summed E-state index contributed by atoms with van der Waals surface area (Å²) in [6.07, 6.45) is 5.52. The standard InChI is InChI=1S/C14H17N3O/c15-10-4-5-13-11(6-10)12(8-16-13)14(18)17-7-9-2-1-3-9/h4-6,8-9,16H,1-3,7,15H2,(H,17,18). The van der Waals surface area contributed by atoms with Gasteiger partial charge in [-0.05, 0) is 37.0 Å². The minimum absolute atomic E-state index is 0.0150. The number of aromatic nitrogens is 1. The van der Waals surface area contributed by atoms with Gasteiger partial charge in [-0.15, -0.1) is 0 Å². The number of hydrogen-bond donors (Lipinski definition) is 3. The summed E-state index contributed by atoms with van der Waals surface area (Å²) in [7, 11) is 0. The van der Waals surface area contributed by atoms with Gasteiger partial charge in [-0.1, -0.05) is 6.42 Å². The SMILES string of the molecule is Nc1ccc2[nH]cc(C(=O)NCC3CCC3)c2c1. The summed E-state index contributed by atoms with van der Waals surface area (Å²) in [5, 5.41) is 3.89. The van der Waals surface area contributed by atoms with E-state index < -0.39 is 0 Å². The van der Waals surface area contributed by atoms with Crippen molar-refractivity contribution < 1.29 is 4.79 Å². The van der Waals surface area contributed by atoms with Crippen molar-refractivity contribution in [2.45, 2.75) is 19.3 Å². The molecule has 0 unspecified atom stereocenters. The number of carbonyl (C=O) groups is 1. The van der Waals surface area contributed by atoms with Gasteiger partial charge in [-0.2, -0.15) is 0 Å². The van der Waals surface area contributed by atoms with Crippen LogP contribution in [0.5, 0.6) is 0 Å². The number of anilines is 1. The molecule has 18 heavy (non-hydrogen) atoms. The van der Waals surface area contributed by atoms with Gasteiger partial charge in [-0.25, -0.2) is 0 Å². The smallest absolute Gasteiger partial charge is 0.253 e. The largest absolute Gasteiger partial charge is 0.399 e. The van der Waals surface area contributed by atoms with Gasteiger partial charge in [0.15, 0.2) is 0 Å². The number of nitrogens with two attached hydrogens (primary N) is 1. The second kappa shape index (κ2) is 4.37. The molecule has 1 fully saturated rings. The lowest BCUT2D eigenvalue weighted by Crippen LogP contribution is -2.32. The molecule has 94 valence electrons. The van der Waals surface area contributed by atoms with E-state index in [1.807, 2.05) is 18.2 Å². The van der Waals surface area contributed by atoms with Gasteiger partial charge in [0.2, 0.25) is 0 Å². The second-order valence-corrected chi connectivity index (χ2v) is 5.01. The van der Waals surface area contributed by atoms with E-state index in [1.54, 1.807) is 6.20 Å². The zero-order chi connectivity index (χ0) is 12.5. The van der Waals surface area contributed by atoms with Crippen LogP contribution in [0, 0.1) is 5.92 Å². The van der Waals surface area contributed by atoms with Crippen LogP contribution in [-0.4, -0.2) is 17.4 Å². The molecule has 4 heteroatoms. The van der Waals surface area contributed by atoms with Gasteiger partial charge in [-0.3, -0.25) is 4.79 Å². The number of amides is 1. The van der Waals surface area contributed by atoms with Crippen molar-refractivity contribution >= 4 is 22.5 Å².